The number of rotatable bonds is 4. The van der Waals surface area contributed by atoms with Crippen molar-refractivity contribution in [3.63, 3.8) is 0 Å². The summed E-state index contributed by atoms with van der Waals surface area (Å²) in [7, 11) is 3.63. The van der Waals surface area contributed by atoms with Gasteiger partial charge in [0.2, 0.25) is 0 Å². The second-order valence-electron chi connectivity index (χ2n) is 7.06. The summed E-state index contributed by atoms with van der Waals surface area (Å²) in [5.41, 5.74) is 2.35. The Hall–Kier alpha value is -1.63. The van der Waals surface area contributed by atoms with Crippen LogP contribution < -0.4 is 5.32 Å². The molecule has 2 saturated heterocycles. The van der Waals surface area contributed by atoms with Crippen molar-refractivity contribution in [2.75, 3.05) is 53.6 Å². The fraction of sp³-hybridized carbons (Fsp3) is 0.650. The topological polar surface area (TPSA) is 55.3 Å². The molecule has 1 unspecified atom stereocenters. The molecular weight excluding hydrogens is 330 g/mol. The molecule has 0 aliphatic carbocycles. The van der Waals surface area contributed by atoms with Crippen molar-refractivity contribution in [3.05, 3.63) is 35.4 Å². The van der Waals surface area contributed by atoms with E-state index in [0.717, 1.165) is 51.6 Å². The van der Waals surface area contributed by atoms with Gasteiger partial charge < -0.3 is 24.4 Å². The lowest BCUT2D eigenvalue weighted by molar-refractivity contribution is -0.0860. The van der Waals surface area contributed by atoms with E-state index in [1.165, 1.54) is 11.1 Å². The highest BCUT2D eigenvalue weighted by atomic mass is 16.5. The van der Waals surface area contributed by atoms with Gasteiger partial charge in [0.05, 0.1) is 18.8 Å². The SMILES string of the molecule is CN=C(NCC1(OC)CCOCC1)N1CCOC(c2ccccc2C)C1. The second kappa shape index (κ2) is 8.84. The van der Waals surface area contributed by atoms with Gasteiger partial charge in [-0.1, -0.05) is 24.3 Å². The lowest BCUT2D eigenvalue weighted by atomic mass is 9.94. The van der Waals surface area contributed by atoms with Crippen LogP contribution in [0.15, 0.2) is 29.3 Å². The van der Waals surface area contributed by atoms with E-state index >= 15 is 0 Å². The first-order valence-electron chi connectivity index (χ1n) is 9.43. The molecule has 0 bridgehead atoms. The van der Waals surface area contributed by atoms with Gasteiger partial charge >= 0.3 is 0 Å². The minimum Gasteiger partial charge on any atom is -0.381 e. The fourth-order valence-corrected chi connectivity index (χ4v) is 3.75. The van der Waals surface area contributed by atoms with E-state index in [2.05, 4.69) is 46.4 Å². The monoisotopic (exact) mass is 361 g/mol. The number of morpholine rings is 1. The van der Waals surface area contributed by atoms with E-state index < -0.39 is 0 Å². The highest BCUT2D eigenvalue weighted by Crippen LogP contribution is 2.26. The number of aliphatic imine (C=N–C) groups is 1. The lowest BCUT2D eigenvalue weighted by Crippen LogP contribution is -2.54. The predicted molar refractivity (Wildman–Crippen MR) is 103 cm³/mol. The zero-order valence-corrected chi connectivity index (χ0v) is 16.2. The third kappa shape index (κ3) is 4.37. The molecule has 3 rings (SSSR count). The Morgan fingerprint density at radius 1 is 1.31 bits per heavy atom. The standard InChI is InChI=1S/C20H31N3O3/c1-16-6-4-5-7-17(16)18-14-23(10-13-26-18)19(21-2)22-15-20(24-3)8-11-25-12-9-20/h4-7,18H,8-15H2,1-3H3,(H,21,22). The molecule has 0 saturated carbocycles. The Labute approximate surface area is 156 Å². The van der Waals surface area contributed by atoms with Crippen molar-refractivity contribution in [1.29, 1.82) is 0 Å². The zero-order valence-electron chi connectivity index (χ0n) is 16.2. The number of guanidine groups is 1. The average molecular weight is 361 g/mol. The molecule has 0 spiro atoms. The van der Waals surface area contributed by atoms with E-state index in [1.807, 2.05) is 7.05 Å². The fourth-order valence-electron chi connectivity index (χ4n) is 3.75. The van der Waals surface area contributed by atoms with Crippen LogP contribution in [0.4, 0.5) is 0 Å². The maximum Gasteiger partial charge on any atom is 0.193 e. The maximum absolute atomic E-state index is 6.04. The average Bonchev–Trinajstić information content (AvgIpc) is 2.70. The third-order valence-corrected chi connectivity index (χ3v) is 5.52. The van der Waals surface area contributed by atoms with Crippen LogP contribution in [0, 0.1) is 6.92 Å². The van der Waals surface area contributed by atoms with Crippen LogP contribution in [0.25, 0.3) is 0 Å². The molecule has 1 aromatic carbocycles. The number of methoxy groups -OCH3 is 1. The molecular formula is C20H31N3O3. The number of benzene rings is 1. The summed E-state index contributed by atoms with van der Waals surface area (Å²) in [6.07, 6.45) is 1.88. The Morgan fingerprint density at radius 2 is 2.08 bits per heavy atom. The summed E-state index contributed by atoms with van der Waals surface area (Å²) < 4.78 is 17.4. The van der Waals surface area contributed by atoms with Gasteiger partial charge in [0.1, 0.15) is 6.10 Å². The summed E-state index contributed by atoms with van der Waals surface area (Å²) >= 11 is 0. The first-order valence-corrected chi connectivity index (χ1v) is 9.43. The normalized spacial score (nSPS) is 23.7. The summed E-state index contributed by atoms with van der Waals surface area (Å²) in [5.74, 6) is 0.912. The predicted octanol–water partition coefficient (Wildman–Crippen LogP) is 2.14. The number of aryl methyl sites for hydroxylation is 1. The number of nitrogens with one attached hydrogen (secondary N) is 1. The minimum absolute atomic E-state index is 0.0722. The smallest absolute Gasteiger partial charge is 0.193 e. The number of hydrogen-bond donors (Lipinski definition) is 1. The molecule has 144 valence electrons. The van der Waals surface area contributed by atoms with Gasteiger partial charge in [-0.3, -0.25) is 4.99 Å². The molecule has 6 nitrogen and oxygen atoms in total. The number of nitrogens with zero attached hydrogens (tertiary/aromatic N) is 2. The van der Waals surface area contributed by atoms with E-state index in [4.69, 9.17) is 14.2 Å². The Balaban J connectivity index is 1.63. The maximum atomic E-state index is 6.04. The highest BCUT2D eigenvalue weighted by molar-refractivity contribution is 5.80. The molecule has 6 heteroatoms. The van der Waals surface area contributed by atoms with Crippen molar-refractivity contribution >= 4 is 5.96 Å². The van der Waals surface area contributed by atoms with Crippen LogP contribution in [-0.4, -0.2) is 70.1 Å². The molecule has 0 aromatic heterocycles. The molecule has 2 aliphatic heterocycles. The van der Waals surface area contributed by atoms with Gasteiger partial charge in [-0.2, -0.15) is 0 Å². The minimum atomic E-state index is -0.171. The number of hydrogen-bond acceptors (Lipinski definition) is 4. The molecule has 2 fully saturated rings. The molecule has 2 heterocycles. The molecule has 1 atom stereocenters. The highest BCUT2D eigenvalue weighted by Gasteiger charge is 2.33. The second-order valence-corrected chi connectivity index (χ2v) is 7.06. The van der Waals surface area contributed by atoms with Gasteiger partial charge in [-0.15, -0.1) is 0 Å². The summed E-state index contributed by atoms with van der Waals surface area (Å²) in [6.45, 7) is 6.72. The van der Waals surface area contributed by atoms with Crippen molar-refractivity contribution in [1.82, 2.24) is 10.2 Å². The van der Waals surface area contributed by atoms with E-state index in [0.29, 0.717) is 6.61 Å². The van der Waals surface area contributed by atoms with Crippen LogP contribution in [0.2, 0.25) is 0 Å². The van der Waals surface area contributed by atoms with E-state index in [1.54, 1.807) is 7.11 Å². The third-order valence-electron chi connectivity index (χ3n) is 5.52. The van der Waals surface area contributed by atoms with Crippen molar-refractivity contribution in [2.45, 2.75) is 31.5 Å². The van der Waals surface area contributed by atoms with Crippen molar-refractivity contribution < 1.29 is 14.2 Å². The molecule has 0 radical (unpaired) electrons. The van der Waals surface area contributed by atoms with Crippen molar-refractivity contribution in [2.24, 2.45) is 4.99 Å². The Morgan fingerprint density at radius 3 is 2.77 bits per heavy atom. The van der Waals surface area contributed by atoms with Crippen LogP contribution in [-0.2, 0) is 14.2 Å². The van der Waals surface area contributed by atoms with Crippen LogP contribution in [0.1, 0.15) is 30.1 Å². The summed E-state index contributed by atoms with van der Waals surface area (Å²) in [5, 5.41) is 3.53. The van der Waals surface area contributed by atoms with Crippen LogP contribution in [0.3, 0.4) is 0 Å². The van der Waals surface area contributed by atoms with Gasteiger partial charge in [0.15, 0.2) is 5.96 Å². The largest absolute Gasteiger partial charge is 0.381 e. The van der Waals surface area contributed by atoms with Gasteiger partial charge in [-0.25, -0.2) is 0 Å². The molecule has 2 aliphatic rings. The summed E-state index contributed by atoms with van der Waals surface area (Å²) in [4.78, 5) is 6.78. The van der Waals surface area contributed by atoms with E-state index in [9.17, 15) is 0 Å². The molecule has 26 heavy (non-hydrogen) atoms. The Bertz CT molecular complexity index is 614. The van der Waals surface area contributed by atoms with Gasteiger partial charge in [0.25, 0.3) is 0 Å². The molecule has 0 amide bonds. The van der Waals surface area contributed by atoms with Gasteiger partial charge in [-0.05, 0) is 18.1 Å². The Kier molecular flexibility index (Phi) is 6.51. The first kappa shape index (κ1) is 19.1. The number of ether oxygens (including phenoxy) is 3. The molecule has 1 N–H and O–H groups in total. The lowest BCUT2D eigenvalue weighted by Gasteiger charge is -2.39. The van der Waals surface area contributed by atoms with Crippen LogP contribution in [0.5, 0.6) is 0 Å². The van der Waals surface area contributed by atoms with Gasteiger partial charge in [0, 0.05) is 53.3 Å². The molecule has 1 aromatic rings. The zero-order chi connectivity index (χ0) is 18.4. The first-order chi connectivity index (χ1) is 12.7. The van der Waals surface area contributed by atoms with Crippen LogP contribution >= 0.6 is 0 Å². The van der Waals surface area contributed by atoms with Crippen molar-refractivity contribution in [3.8, 4) is 0 Å². The quantitative estimate of drug-likeness (QED) is 0.658. The summed E-state index contributed by atoms with van der Waals surface area (Å²) in [6, 6.07) is 8.43. The van der Waals surface area contributed by atoms with E-state index in [-0.39, 0.29) is 11.7 Å².